The van der Waals surface area contributed by atoms with Crippen LogP contribution in [0.25, 0.3) is 10.8 Å². The smallest absolute Gasteiger partial charge is 0.416 e. The van der Waals surface area contributed by atoms with Crippen LogP contribution in [0.3, 0.4) is 0 Å². The normalized spacial score (nSPS) is 11.4. The molecule has 7 nitrogen and oxygen atoms in total. The molecule has 0 fully saturated rings. The molecule has 0 aliphatic rings. The van der Waals surface area contributed by atoms with Gasteiger partial charge in [0.05, 0.1) is 5.56 Å². The number of carbonyl (C=O) groups is 1. The maximum atomic E-state index is 13.0. The summed E-state index contributed by atoms with van der Waals surface area (Å²) in [4.78, 5) is 23.7. The molecular weight excluding hydrogens is 385 g/mol. The first kappa shape index (κ1) is 18.6. The molecule has 1 amide bonds. The van der Waals surface area contributed by atoms with Crippen LogP contribution in [0.15, 0.2) is 35.8 Å². The summed E-state index contributed by atoms with van der Waals surface area (Å²) in [5.74, 6) is -2.78. The summed E-state index contributed by atoms with van der Waals surface area (Å²) in [5, 5.41) is 23.7. The maximum absolute atomic E-state index is 13.0. The van der Waals surface area contributed by atoms with Crippen molar-refractivity contribution < 1.29 is 28.2 Å². The zero-order valence-electron chi connectivity index (χ0n) is 13.4. The Morgan fingerprint density at radius 2 is 1.93 bits per heavy atom. The van der Waals surface area contributed by atoms with Gasteiger partial charge in [0.25, 0.3) is 11.8 Å². The SMILES string of the molecule is O=C(NCc1ccccc1C(F)(F)F)c1nc(-c2nccs2)nc(O)c1O. The fourth-order valence-electron chi connectivity index (χ4n) is 2.24. The molecule has 0 bridgehead atoms. The third kappa shape index (κ3) is 3.97. The van der Waals surface area contributed by atoms with E-state index in [9.17, 15) is 28.2 Å². The second-order valence-corrected chi connectivity index (χ2v) is 6.14. The number of amides is 1. The molecule has 0 unspecified atom stereocenters. The predicted molar refractivity (Wildman–Crippen MR) is 89.1 cm³/mol. The lowest BCUT2D eigenvalue weighted by molar-refractivity contribution is -0.138. The van der Waals surface area contributed by atoms with Gasteiger partial charge in [0.1, 0.15) is 0 Å². The van der Waals surface area contributed by atoms with Gasteiger partial charge in [-0.2, -0.15) is 18.2 Å². The Kier molecular flexibility index (Phi) is 4.95. The number of rotatable bonds is 4. The van der Waals surface area contributed by atoms with Gasteiger partial charge in [-0.3, -0.25) is 4.79 Å². The Morgan fingerprint density at radius 1 is 1.19 bits per heavy atom. The monoisotopic (exact) mass is 396 g/mol. The minimum absolute atomic E-state index is 0.0962. The molecule has 0 radical (unpaired) electrons. The zero-order valence-corrected chi connectivity index (χ0v) is 14.2. The van der Waals surface area contributed by atoms with Crippen LogP contribution < -0.4 is 5.32 Å². The largest absolute Gasteiger partial charge is 0.501 e. The van der Waals surface area contributed by atoms with Crippen molar-refractivity contribution in [2.45, 2.75) is 12.7 Å². The molecule has 0 aliphatic heterocycles. The summed E-state index contributed by atoms with van der Waals surface area (Å²) in [6.07, 6.45) is -3.12. The zero-order chi connectivity index (χ0) is 19.6. The van der Waals surface area contributed by atoms with Gasteiger partial charge in [-0.1, -0.05) is 18.2 Å². The number of halogens is 3. The average molecular weight is 396 g/mol. The number of nitrogens with zero attached hydrogens (tertiary/aromatic N) is 3. The highest BCUT2D eigenvalue weighted by molar-refractivity contribution is 7.13. The molecule has 3 N–H and O–H groups in total. The third-order valence-electron chi connectivity index (χ3n) is 3.47. The number of nitrogens with one attached hydrogen (secondary N) is 1. The minimum Gasteiger partial charge on any atom is -0.501 e. The standard InChI is InChI=1S/C16H11F3N4O3S/c17-16(18,19)9-4-2-1-3-8(9)7-21-13(25)10-11(24)14(26)23-12(22-10)15-20-5-6-27-15/h1-6,24H,7H2,(H,21,25)(H,22,23,26). The Labute approximate surface area is 154 Å². The Hall–Kier alpha value is -3.21. The number of hydrogen-bond acceptors (Lipinski definition) is 7. The molecule has 3 aromatic rings. The van der Waals surface area contributed by atoms with E-state index in [1.54, 1.807) is 5.38 Å². The number of hydrogen-bond donors (Lipinski definition) is 3. The van der Waals surface area contributed by atoms with E-state index in [1.807, 2.05) is 0 Å². The highest BCUT2D eigenvalue weighted by atomic mass is 32.1. The summed E-state index contributed by atoms with van der Waals surface area (Å²) in [6, 6.07) is 4.77. The van der Waals surface area contributed by atoms with Crippen molar-refractivity contribution in [2.24, 2.45) is 0 Å². The van der Waals surface area contributed by atoms with Crippen molar-refractivity contribution in [3.05, 3.63) is 52.7 Å². The van der Waals surface area contributed by atoms with E-state index in [0.717, 1.165) is 17.4 Å². The molecule has 11 heteroatoms. The van der Waals surface area contributed by atoms with Gasteiger partial charge in [0, 0.05) is 18.1 Å². The molecule has 0 atom stereocenters. The van der Waals surface area contributed by atoms with Crippen LogP contribution in [-0.4, -0.2) is 31.1 Å². The van der Waals surface area contributed by atoms with Gasteiger partial charge in [-0.05, 0) is 11.6 Å². The van der Waals surface area contributed by atoms with Crippen molar-refractivity contribution in [3.8, 4) is 22.5 Å². The van der Waals surface area contributed by atoms with Gasteiger partial charge in [-0.15, -0.1) is 11.3 Å². The van der Waals surface area contributed by atoms with E-state index >= 15 is 0 Å². The fraction of sp³-hybridized carbons (Fsp3) is 0.125. The Bertz CT molecular complexity index is 978. The van der Waals surface area contributed by atoms with Crippen molar-refractivity contribution in [2.75, 3.05) is 0 Å². The molecule has 0 spiro atoms. The second-order valence-electron chi connectivity index (χ2n) is 5.24. The van der Waals surface area contributed by atoms with Gasteiger partial charge in [0.2, 0.25) is 5.75 Å². The number of alkyl halides is 3. The van der Waals surface area contributed by atoms with E-state index in [1.165, 1.54) is 24.4 Å². The van der Waals surface area contributed by atoms with E-state index in [-0.39, 0.29) is 11.4 Å². The first-order valence-electron chi connectivity index (χ1n) is 7.40. The summed E-state index contributed by atoms with van der Waals surface area (Å²) in [5.41, 5.74) is -1.61. The first-order valence-corrected chi connectivity index (χ1v) is 8.28. The van der Waals surface area contributed by atoms with Crippen LogP contribution in [0, 0.1) is 0 Å². The number of aromatic nitrogens is 3. The summed E-state index contributed by atoms with van der Waals surface area (Å²) < 4.78 is 39.0. The third-order valence-corrected chi connectivity index (χ3v) is 4.24. The van der Waals surface area contributed by atoms with Gasteiger partial charge in [0.15, 0.2) is 16.5 Å². The van der Waals surface area contributed by atoms with Crippen molar-refractivity contribution in [1.29, 1.82) is 0 Å². The molecule has 140 valence electrons. The maximum Gasteiger partial charge on any atom is 0.416 e. The molecule has 2 heterocycles. The Balaban J connectivity index is 1.86. The van der Waals surface area contributed by atoms with Crippen LogP contribution >= 0.6 is 11.3 Å². The van der Waals surface area contributed by atoms with Crippen LogP contribution in [0.4, 0.5) is 13.2 Å². The summed E-state index contributed by atoms with van der Waals surface area (Å²) in [7, 11) is 0. The summed E-state index contributed by atoms with van der Waals surface area (Å²) in [6.45, 7) is -0.453. The van der Waals surface area contributed by atoms with Crippen LogP contribution in [-0.2, 0) is 12.7 Å². The van der Waals surface area contributed by atoms with Gasteiger partial charge in [-0.25, -0.2) is 9.97 Å². The van der Waals surface area contributed by atoms with E-state index in [4.69, 9.17) is 0 Å². The summed E-state index contributed by atoms with van der Waals surface area (Å²) >= 11 is 1.14. The highest BCUT2D eigenvalue weighted by Gasteiger charge is 2.33. The molecule has 1 aromatic carbocycles. The van der Waals surface area contributed by atoms with Gasteiger partial charge >= 0.3 is 6.18 Å². The molecular formula is C16H11F3N4O3S. The Morgan fingerprint density at radius 3 is 2.59 bits per heavy atom. The lowest BCUT2D eigenvalue weighted by Crippen LogP contribution is -2.25. The molecule has 27 heavy (non-hydrogen) atoms. The minimum atomic E-state index is -4.57. The predicted octanol–water partition coefficient (Wildman–Crippen LogP) is 2.96. The molecule has 0 saturated heterocycles. The number of thiazole rings is 1. The number of carbonyl (C=O) groups excluding carboxylic acids is 1. The van der Waals surface area contributed by atoms with Crippen LogP contribution in [0.1, 0.15) is 21.6 Å². The highest BCUT2D eigenvalue weighted by Crippen LogP contribution is 2.32. The van der Waals surface area contributed by atoms with Gasteiger partial charge < -0.3 is 15.5 Å². The van der Waals surface area contributed by atoms with E-state index in [2.05, 4.69) is 20.3 Å². The molecule has 0 saturated carbocycles. The quantitative estimate of drug-likeness (QED) is 0.626. The number of benzene rings is 1. The van der Waals surface area contributed by atoms with Crippen molar-refractivity contribution in [3.63, 3.8) is 0 Å². The van der Waals surface area contributed by atoms with Crippen LogP contribution in [0.2, 0.25) is 0 Å². The van der Waals surface area contributed by atoms with Crippen LogP contribution in [0.5, 0.6) is 11.6 Å². The number of aromatic hydroxyl groups is 2. The van der Waals surface area contributed by atoms with Crippen molar-refractivity contribution in [1.82, 2.24) is 20.3 Å². The van der Waals surface area contributed by atoms with E-state index < -0.39 is 41.5 Å². The lowest BCUT2D eigenvalue weighted by Gasteiger charge is -2.13. The van der Waals surface area contributed by atoms with Crippen molar-refractivity contribution >= 4 is 17.2 Å². The first-order chi connectivity index (χ1) is 12.8. The average Bonchev–Trinajstić information content (AvgIpc) is 3.16. The fourth-order valence-corrected chi connectivity index (χ4v) is 2.81. The molecule has 2 aromatic heterocycles. The van der Waals surface area contributed by atoms with E-state index in [0.29, 0.717) is 5.01 Å². The molecule has 0 aliphatic carbocycles. The lowest BCUT2D eigenvalue weighted by atomic mass is 10.1. The molecule has 3 rings (SSSR count). The topological polar surface area (TPSA) is 108 Å². The second kappa shape index (κ2) is 7.19.